The first-order chi connectivity index (χ1) is 5.85. The van der Waals surface area contributed by atoms with Crippen molar-refractivity contribution in [2.45, 2.75) is 45.2 Å². The van der Waals surface area contributed by atoms with Crippen LogP contribution in [0.4, 0.5) is 0 Å². The fourth-order valence-electron chi connectivity index (χ4n) is 1.21. The van der Waals surface area contributed by atoms with Gasteiger partial charge in [0.25, 0.3) is 0 Å². The molecule has 12 heavy (non-hydrogen) atoms. The zero-order valence-corrected chi connectivity index (χ0v) is 9.71. The minimum absolute atomic E-state index is 0.554. The van der Waals surface area contributed by atoms with E-state index in [9.17, 15) is 0 Å². The van der Waals surface area contributed by atoms with Gasteiger partial charge >= 0.3 is 0 Å². The zero-order chi connectivity index (χ0) is 9.23. The summed E-state index contributed by atoms with van der Waals surface area (Å²) in [6.07, 6.45) is 8.38. The predicted octanol–water partition coefficient (Wildman–Crippen LogP) is 3.71. The second-order valence-corrected chi connectivity index (χ2v) is 6.46. The van der Waals surface area contributed by atoms with Crippen LogP contribution in [0.5, 0.6) is 0 Å². The molecule has 0 radical (unpaired) electrons. The van der Waals surface area contributed by atoms with Gasteiger partial charge < -0.3 is 0 Å². The van der Waals surface area contributed by atoms with Gasteiger partial charge in [-0.3, -0.25) is 0 Å². The second kappa shape index (κ2) is 8.79. The van der Waals surface area contributed by atoms with Crippen LogP contribution in [0.1, 0.15) is 33.1 Å². The summed E-state index contributed by atoms with van der Waals surface area (Å²) in [7, 11) is -0.554. The summed E-state index contributed by atoms with van der Waals surface area (Å²) in [5.74, 6) is 0. The van der Waals surface area contributed by atoms with Crippen molar-refractivity contribution in [2.24, 2.45) is 0 Å². The number of hydrogen-bond acceptors (Lipinski definition) is 0. The first-order valence-electron chi connectivity index (χ1n) is 5.12. The van der Waals surface area contributed by atoms with Crippen molar-refractivity contribution in [1.82, 2.24) is 0 Å². The van der Waals surface area contributed by atoms with Crippen LogP contribution in [0.2, 0.25) is 12.1 Å². The van der Waals surface area contributed by atoms with Crippen LogP contribution in [0.25, 0.3) is 0 Å². The molecule has 0 fully saturated rings. The molecular weight excluding hydrogens is 160 g/mol. The van der Waals surface area contributed by atoms with Gasteiger partial charge in [-0.15, -0.1) is 12.3 Å². The van der Waals surface area contributed by atoms with Gasteiger partial charge in [-0.25, -0.2) is 0 Å². The minimum Gasteiger partial charge on any atom is -0.103 e. The molecule has 0 spiro atoms. The Morgan fingerprint density at radius 3 is 2.58 bits per heavy atom. The van der Waals surface area contributed by atoms with E-state index in [2.05, 4.69) is 38.3 Å². The van der Waals surface area contributed by atoms with Crippen molar-refractivity contribution in [2.75, 3.05) is 0 Å². The molecule has 1 heteroatoms. The molecule has 0 aliphatic heterocycles. The van der Waals surface area contributed by atoms with E-state index in [4.69, 9.17) is 0 Å². The average Bonchev–Trinajstić information content (AvgIpc) is 2.10. The molecule has 0 aromatic heterocycles. The fourth-order valence-corrected chi connectivity index (χ4v) is 2.97. The molecule has 0 aliphatic carbocycles. The van der Waals surface area contributed by atoms with Crippen molar-refractivity contribution in [1.29, 1.82) is 0 Å². The van der Waals surface area contributed by atoms with Gasteiger partial charge in [0.1, 0.15) is 0 Å². The number of hydrogen-bond donors (Lipinski definition) is 0. The summed E-state index contributed by atoms with van der Waals surface area (Å²) in [4.78, 5) is 0. The SMILES string of the molecule is C=CC[SiH](C=CCCCC)CC. The van der Waals surface area contributed by atoms with E-state index in [1.165, 1.54) is 31.4 Å². The molecule has 0 amide bonds. The lowest BCUT2D eigenvalue weighted by molar-refractivity contribution is 0.815. The van der Waals surface area contributed by atoms with E-state index in [0.717, 1.165) is 0 Å². The Bertz CT molecular complexity index is 127. The summed E-state index contributed by atoms with van der Waals surface area (Å²) in [6, 6.07) is 2.63. The number of allylic oxidation sites excluding steroid dienone is 2. The molecule has 0 heterocycles. The molecule has 0 aromatic carbocycles. The molecule has 1 unspecified atom stereocenters. The maximum atomic E-state index is 3.79. The lowest BCUT2D eigenvalue weighted by Gasteiger charge is -2.02. The Kier molecular flexibility index (Phi) is 8.57. The number of rotatable bonds is 7. The molecule has 0 N–H and O–H groups in total. The predicted molar refractivity (Wildman–Crippen MR) is 61.3 cm³/mol. The molecule has 0 saturated heterocycles. The highest BCUT2D eigenvalue weighted by Gasteiger charge is 1.98. The van der Waals surface area contributed by atoms with E-state index in [1.54, 1.807) is 0 Å². The lowest BCUT2D eigenvalue weighted by Crippen LogP contribution is -2.04. The third-order valence-corrected chi connectivity index (χ3v) is 4.93. The van der Waals surface area contributed by atoms with Gasteiger partial charge in [-0.2, -0.15) is 0 Å². The van der Waals surface area contributed by atoms with Crippen LogP contribution in [0.15, 0.2) is 24.4 Å². The maximum Gasteiger partial charge on any atom is 0.0645 e. The summed E-state index contributed by atoms with van der Waals surface area (Å²) in [5, 5.41) is 0. The van der Waals surface area contributed by atoms with Gasteiger partial charge in [0.2, 0.25) is 0 Å². The summed E-state index contributed by atoms with van der Waals surface area (Å²) < 4.78 is 0. The van der Waals surface area contributed by atoms with Gasteiger partial charge in [-0.05, 0) is 12.5 Å². The molecule has 70 valence electrons. The highest BCUT2D eigenvalue weighted by Crippen LogP contribution is 2.03. The maximum absolute atomic E-state index is 3.79. The highest BCUT2D eigenvalue weighted by atomic mass is 28.3. The Morgan fingerprint density at radius 2 is 2.08 bits per heavy atom. The van der Waals surface area contributed by atoms with Gasteiger partial charge in [-0.1, -0.05) is 44.9 Å². The molecule has 1 atom stereocenters. The van der Waals surface area contributed by atoms with E-state index < -0.39 is 8.80 Å². The van der Waals surface area contributed by atoms with Crippen LogP contribution in [-0.4, -0.2) is 8.80 Å². The smallest absolute Gasteiger partial charge is 0.0645 e. The molecule has 0 saturated carbocycles. The third kappa shape index (κ3) is 6.41. The fraction of sp³-hybridized carbons (Fsp3) is 0.636. The van der Waals surface area contributed by atoms with E-state index >= 15 is 0 Å². The van der Waals surface area contributed by atoms with Crippen LogP contribution in [0, 0.1) is 0 Å². The number of unbranched alkanes of at least 4 members (excludes halogenated alkanes) is 2. The van der Waals surface area contributed by atoms with Crippen molar-refractivity contribution in [3.05, 3.63) is 24.4 Å². The van der Waals surface area contributed by atoms with Crippen LogP contribution in [-0.2, 0) is 0 Å². The standard InChI is InChI=1S/C11H22Si/c1-4-7-8-9-11-12(6-3)10-5-2/h5,9,11-12H,2,4,6-8,10H2,1,3H3. The van der Waals surface area contributed by atoms with Gasteiger partial charge in [0, 0.05) is 0 Å². The molecule has 0 rings (SSSR count). The quantitative estimate of drug-likeness (QED) is 0.320. The van der Waals surface area contributed by atoms with Crippen LogP contribution < -0.4 is 0 Å². The zero-order valence-electron chi connectivity index (χ0n) is 8.55. The van der Waals surface area contributed by atoms with E-state index in [1.807, 2.05) is 0 Å². The Labute approximate surface area is 79.0 Å². The topological polar surface area (TPSA) is 0 Å². The molecule has 0 aliphatic rings. The van der Waals surface area contributed by atoms with Crippen LogP contribution in [0.3, 0.4) is 0 Å². The third-order valence-electron chi connectivity index (χ3n) is 2.13. The van der Waals surface area contributed by atoms with Crippen molar-refractivity contribution in [3.63, 3.8) is 0 Å². The molecule has 0 aromatic rings. The first kappa shape index (κ1) is 11.7. The Hall–Kier alpha value is -0.303. The molecule has 0 nitrogen and oxygen atoms in total. The van der Waals surface area contributed by atoms with Gasteiger partial charge in [0.15, 0.2) is 0 Å². The minimum atomic E-state index is -0.554. The monoisotopic (exact) mass is 182 g/mol. The average molecular weight is 182 g/mol. The first-order valence-corrected chi connectivity index (χ1v) is 7.42. The van der Waals surface area contributed by atoms with Crippen LogP contribution >= 0.6 is 0 Å². The Balaban J connectivity index is 3.53. The van der Waals surface area contributed by atoms with E-state index in [-0.39, 0.29) is 0 Å². The summed E-state index contributed by atoms with van der Waals surface area (Å²) in [6.45, 7) is 8.33. The van der Waals surface area contributed by atoms with Crippen molar-refractivity contribution in [3.8, 4) is 0 Å². The largest absolute Gasteiger partial charge is 0.103 e. The van der Waals surface area contributed by atoms with Gasteiger partial charge in [0.05, 0.1) is 8.80 Å². The normalized spacial score (nSPS) is 13.5. The summed E-state index contributed by atoms with van der Waals surface area (Å²) in [5.41, 5.74) is 2.48. The lowest BCUT2D eigenvalue weighted by atomic mass is 10.2. The molecular formula is C11H22Si. The molecule has 0 bridgehead atoms. The Morgan fingerprint density at radius 1 is 1.33 bits per heavy atom. The second-order valence-electron chi connectivity index (χ2n) is 3.26. The van der Waals surface area contributed by atoms with E-state index in [0.29, 0.717) is 0 Å². The summed E-state index contributed by atoms with van der Waals surface area (Å²) >= 11 is 0. The highest BCUT2D eigenvalue weighted by molar-refractivity contribution is 6.64. The van der Waals surface area contributed by atoms with Crippen molar-refractivity contribution >= 4 is 8.80 Å². The van der Waals surface area contributed by atoms with Crippen molar-refractivity contribution < 1.29 is 0 Å².